The molecule has 4 rings (SSSR count). The van der Waals surface area contributed by atoms with Crippen LogP contribution in [0.5, 0.6) is 11.5 Å². The first-order valence-corrected chi connectivity index (χ1v) is 6.72. The van der Waals surface area contributed by atoms with Gasteiger partial charge in [0, 0.05) is 11.6 Å². The maximum Gasteiger partial charge on any atom is 0.254 e. The number of hydrogen-bond donors (Lipinski definition) is 0. The second-order valence-electron chi connectivity index (χ2n) is 5.24. The molecule has 2 bridgehead atoms. The van der Waals surface area contributed by atoms with Gasteiger partial charge >= 0.3 is 0 Å². The fourth-order valence-electron chi connectivity index (χ4n) is 3.22. The fourth-order valence-corrected chi connectivity index (χ4v) is 3.22. The van der Waals surface area contributed by atoms with Crippen molar-refractivity contribution in [3.63, 3.8) is 0 Å². The van der Waals surface area contributed by atoms with Gasteiger partial charge in [-0.3, -0.25) is 4.79 Å². The molecule has 1 aromatic carbocycles. The van der Waals surface area contributed by atoms with Crippen molar-refractivity contribution in [2.75, 3.05) is 6.79 Å². The minimum absolute atomic E-state index is 0.107. The van der Waals surface area contributed by atoms with E-state index in [2.05, 4.69) is 12.2 Å². The predicted octanol–water partition coefficient (Wildman–Crippen LogP) is 2.35. The lowest BCUT2D eigenvalue weighted by molar-refractivity contribution is 0.0688. The number of rotatable bonds is 1. The Morgan fingerprint density at radius 2 is 2.11 bits per heavy atom. The highest BCUT2D eigenvalue weighted by Crippen LogP contribution is 2.36. The van der Waals surface area contributed by atoms with Crippen molar-refractivity contribution in [2.24, 2.45) is 0 Å². The quantitative estimate of drug-likeness (QED) is 0.725. The van der Waals surface area contributed by atoms with E-state index in [-0.39, 0.29) is 18.7 Å². The number of carbonyl (C=O) groups excluding carboxylic acids is 1. The second kappa shape index (κ2) is 4.02. The Labute approximate surface area is 111 Å². The van der Waals surface area contributed by atoms with E-state index < -0.39 is 0 Å². The van der Waals surface area contributed by atoms with Crippen LogP contribution >= 0.6 is 0 Å². The van der Waals surface area contributed by atoms with Crippen molar-refractivity contribution >= 4 is 5.91 Å². The molecule has 1 saturated heterocycles. The topological polar surface area (TPSA) is 38.8 Å². The smallest absolute Gasteiger partial charge is 0.254 e. The van der Waals surface area contributed by atoms with Gasteiger partial charge in [0.15, 0.2) is 11.5 Å². The summed E-state index contributed by atoms with van der Waals surface area (Å²) in [6.07, 6.45) is 7.53. The molecule has 3 aliphatic rings. The molecule has 0 N–H and O–H groups in total. The van der Waals surface area contributed by atoms with Crippen LogP contribution in [0.4, 0.5) is 0 Å². The van der Waals surface area contributed by atoms with Crippen LogP contribution < -0.4 is 9.47 Å². The van der Waals surface area contributed by atoms with E-state index in [0.29, 0.717) is 17.4 Å². The van der Waals surface area contributed by atoms with E-state index in [1.54, 1.807) is 6.07 Å². The molecule has 0 aromatic heterocycles. The summed E-state index contributed by atoms with van der Waals surface area (Å²) in [7, 11) is 0. The van der Waals surface area contributed by atoms with E-state index >= 15 is 0 Å². The van der Waals surface area contributed by atoms with Crippen LogP contribution in [0.15, 0.2) is 30.4 Å². The van der Waals surface area contributed by atoms with E-state index in [0.717, 1.165) is 25.0 Å². The van der Waals surface area contributed by atoms with Gasteiger partial charge in [0.05, 0.1) is 6.04 Å². The number of nitrogens with zero attached hydrogens (tertiary/aromatic N) is 1. The summed E-state index contributed by atoms with van der Waals surface area (Å²) in [5.74, 6) is 1.50. The summed E-state index contributed by atoms with van der Waals surface area (Å²) in [5, 5.41) is 0. The van der Waals surface area contributed by atoms with Crippen LogP contribution in [0, 0.1) is 0 Å². The Bertz CT molecular complexity index is 567. The number of amides is 1. The average molecular weight is 257 g/mol. The number of hydrogen-bond acceptors (Lipinski definition) is 3. The van der Waals surface area contributed by atoms with Crippen molar-refractivity contribution in [3.05, 3.63) is 35.9 Å². The van der Waals surface area contributed by atoms with Crippen molar-refractivity contribution in [3.8, 4) is 11.5 Å². The van der Waals surface area contributed by atoms with Gasteiger partial charge in [0.25, 0.3) is 5.91 Å². The third kappa shape index (κ3) is 1.63. The highest BCUT2D eigenvalue weighted by atomic mass is 16.7. The summed E-state index contributed by atoms with van der Waals surface area (Å²) in [5.41, 5.74) is 0.691. The Morgan fingerprint density at radius 3 is 3.00 bits per heavy atom. The van der Waals surface area contributed by atoms with Crippen LogP contribution in [-0.4, -0.2) is 29.7 Å². The van der Waals surface area contributed by atoms with Crippen LogP contribution in [0.2, 0.25) is 0 Å². The Hall–Kier alpha value is -1.97. The Balaban J connectivity index is 1.66. The van der Waals surface area contributed by atoms with Crippen molar-refractivity contribution in [1.82, 2.24) is 4.90 Å². The molecule has 0 unspecified atom stereocenters. The van der Waals surface area contributed by atoms with Gasteiger partial charge in [-0.25, -0.2) is 0 Å². The number of ether oxygens (including phenoxy) is 2. The lowest BCUT2D eigenvalue weighted by Crippen LogP contribution is -2.42. The maximum atomic E-state index is 12.7. The minimum atomic E-state index is 0.107. The van der Waals surface area contributed by atoms with Gasteiger partial charge in [-0.15, -0.1) is 0 Å². The van der Waals surface area contributed by atoms with E-state index in [1.165, 1.54) is 0 Å². The highest BCUT2D eigenvalue weighted by molar-refractivity contribution is 5.95. The molecule has 0 spiro atoms. The van der Waals surface area contributed by atoms with E-state index in [9.17, 15) is 4.79 Å². The molecule has 2 atom stereocenters. The van der Waals surface area contributed by atoms with Gasteiger partial charge in [0.1, 0.15) is 0 Å². The molecule has 3 aliphatic heterocycles. The number of benzene rings is 1. The van der Waals surface area contributed by atoms with E-state index in [4.69, 9.17) is 9.47 Å². The van der Waals surface area contributed by atoms with Gasteiger partial charge in [-0.2, -0.15) is 0 Å². The zero-order chi connectivity index (χ0) is 12.8. The van der Waals surface area contributed by atoms with Crippen LogP contribution in [0.1, 0.15) is 29.6 Å². The molecule has 1 aromatic rings. The fraction of sp³-hybridized carbons (Fsp3) is 0.400. The molecule has 0 aliphatic carbocycles. The lowest BCUT2D eigenvalue weighted by Gasteiger charge is -2.31. The first kappa shape index (κ1) is 10.9. The normalized spacial score (nSPS) is 26.8. The Morgan fingerprint density at radius 1 is 1.21 bits per heavy atom. The van der Waals surface area contributed by atoms with Crippen molar-refractivity contribution in [1.29, 1.82) is 0 Å². The van der Waals surface area contributed by atoms with Gasteiger partial charge < -0.3 is 14.4 Å². The van der Waals surface area contributed by atoms with Crippen LogP contribution in [-0.2, 0) is 0 Å². The monoisotopic (exact) mass is 257 g/mol. The maximum absolute atomic E-state index is 12.7. The lowest BCUT2D eigenvalue weighted by atomic mass is 10.1. The zero-order valence-corrected chi connectivity index (χ0v) is 10.5. The predicted molar refractivity (Wildman–Crippen MR) is 69.3 cm³/mol. The second-order valence-corrected chi connectivity index (χ2v) is 5.24. The summed E-state index contributed by atoms with van der Waals surface area (Å²) in [6, 6.07) is 6.08. The van der Waals surface area contributed by atoms with Crippen LogP contribution in [0.3, 0.4) is 0 Å². The average Bonchev–Trinajstić information content (AvgIpc) is 2.99. The summed E-state index contributed by atoms with van der Waals surface area (Å²) >= 11 is 0. The molecular formula is C15H15NO3. The van der Waals surface area contributed by atoms with Gasteiger partial charge in [-0.05, 0) is 37.5 Å². The SMILES string of the molecule is O=C(c1ccc2c(c1)OCO2)N1[C@H]2CC=C[C@H]1CC2. The molecule has 4 heteroatoms. The van der Waals surface area contributed by atoms with Gasteiger partial charge in [0.2, 0.25) is 6.79 Å². The highest BCUT2D eigenvalue weighted by Gasteiger charge is 2.37. The Kier molecular flexibility index (Phi) is 2.31. The third-order valence-corrected chi connectivity index (χ3v) is 4.17. The molecule has 98 valence electrons. The van der Waals surface area contributed by atoms with Crippen LogP contribution in [0.25, 0.3) is 0 Å². The van der Waals surface area contributed by atoms with Crippen molar-refractivity contribution < 1.29 is 14.3 Å². The molecule has 4 nitrogen and oxygen atoms in total. The molecule has 0 radical (unpaired) electrons. The third-order valence-electron chi connectivity index (χ3n) is 4.17. The van der Waals surface area contributed by atoms with Crippen molar-refractivity contribution in [2.45, 2.75) is 31.3 Å². The molecule has 0 saturated carbocycles. The largest absolute Gasteiger partial charge is 0.454 e. The first-order chi connectivity index (χ1) is 9.33. The minimum Gasteiger partial charge on any atom is -0.454 e. The summed E-state index contributed by atoms with van der Waals surface area (Å²) in [4.78, 5) is 14.7. The summed E-state index contributed by atoms with van der Waals surface area (Å²) in [6.45, 7) is 0.241. The first-order valence-electron chi connectivity index (χ1n) is 6.72. The molecular weight excluding hydrogens is 242 g/mol. The zero-order valence-electron chi connectivity index (χ0n) is 10.5. The summed E-state index contributed by atoms with van der Waals surface area (Å²) < 4.78 is 10.6. The molecule has 1 fully saturated rings. The number of carbonyl (C=O) groups is 1. The molecule has 19 heavy (non-hydrogen) atoms. The number of fused-ring (bicyclic) bond motifs is 3. The molecule has 3 heterocycles. The van der Waals surface area contributed by atoms with Gasteiger partial charge in [-0.1, -0.05) is 12.2 Å². The standard InChI is InChI=1S/C15H15NO3/c17-15(16-11-2-1-3-12(16)6-5-11)10-4-7-13-14(8-10)19-9-18-13/h1-2,4,7-8,11-12H,3,5-6,9H2/t11-,12-/m0/s1. The van der Waals surface area contributed by atoms with E-state index in [1.807, 2.05) is 17.0 Å². The molecule has 1 amide bonds.